The van der Waals surface area contributed by atoms with Gasteiger partial charge in [-0.1, -0.05) is 0 Å². The van der Waals surface area contributed by atoms with Crippen molar-refractivity contribution >= 4 is 17.3 Å². The first kappa shape index (κ1) is 13.3. The van der Waals surface area contributed by atoms with Gasteiger partial charge in [0.15, 0.2) is 0 Å². The van der Waals surface area contributed by atoms with E-state index < -0.39 is 0 Å². The predicted octanol–water partition coefficient (Wildman–Crippen LogP) is 1.83. The maximum Gasteiger partial charge on any atom is 0.228 e. The van der Waals surface area contributed by atoms with E-state index in [2.05, 4.69) is 19.9 Å². The molecule has 7 heteroatoms. The van der Waals surface area contributed by atoms with Crippen LogP contribution in [0.2, 0.25) is 0 Å². The number of hydrogen-bond donors (Lipinski definition) is 0. The highest BCUT2D eigenvalue weighted by Crippen LogP contribution is 2.27. The van der Waals surface area contributed by atoms with E-state index in [-0.39, 0.29) is 6.10 Å². The molecule has 6 nitrogen and oxygen atoms in total. The van der Waals surface area contributed by atoms with Gasteiger partial charge in [0, 0.05) is 29.9 Å². The largest absolute Gasteiger partial charge is 0.481 e. The average Bonchev–Trinajstić information content (AvgIpc) is 2.94. The highest BCUT2D eigenvalue weighted by atomic mass is 32.1. The summed E-state index contributed by atoms with van der Waals surface area (Å²) in [6.45, 7) is 4.11. The lowest BCUT2D eigenvalue weighted by atomic mass is 10.3. The Morgan fingerprint density at radius 1 is 1.45 bits per heavy atom. The number of thiazole rings is 1. The molecule has 106 valence electrons. The van der Waals surface area contributed by atoms with E-state index in [1.807, 2.05) is 12.3 Å². The zero-order chi connectivity index (χ0) is 13.9. The van der Waals surface area contributed by atoms with Crippen LogP contribution in [0.15, 0.2) is 17.6 Å². The Balaban J connectivity index is 1.77. The SMILES string of the molecule is COc1ccnc(N2CCOC(c3nc(C)cs3)C2)n1. The van der Waals surface area contributed by atoms with Crippen LogP contribution in [0.25, 0.3) is 0 Å². The van der Waals surface area contributed by atoms with Crippen molar-refractivity contribution in [1.29, 1.82) is 0 Å². The lowest BCUT2D eigenvalue weighted by Gasteiger charge is -2.31. The normalized spacial score (nSPS) is 19.1. The maximum absolute atomic E-state index is 5.81. The minimum absolute atomic E-state index is 0.0164. The summed E-state index contributed by atoms with van der Waals surface area (Å²) in [5.41, 5.74) is 1.03. The number of ether oxygens (including phenoxy) is 2. The minimum Gasteiger partial charge on any atom is -0.481 e. The molecule has 1 atom stereocenters. The summed E-state index contributed by atoms with van der Waals surface area (Å²) >= 11 is 1.63. The quantitative estimate of drug-likeness (QED) is 0.860. The van der Waals surface area contributed by atoms with Gasteiger partial charge in [0.25, 0.3) is 0 Å². The smallest absolute Gasteiger partial charge is 0.228 e. The number of nitrogens with zero attached hydrogens (tertiary/aromatic N) is 4. The molecule has 3 heterocycles. The van der Waals surface area contributed by atoms with Crippen molar-refractivity contribution in [2.24, 2.45) is 0 Å². The summed E-state index contributed by atoms with van der Waals surface area (Å²) in [5, 5.41) is 3.05. The first-order chi connectivity index (χ1) is 9.76. The monoisotopic (exact) mass is 292 g/mol. The van der Waals surface area contributed by atoms with Gasteiger partial charge < -0.3 is 14.4 Å². The molecule has 0 spiro atoms. The molecule has 0 N–H and O–H groups in total. The van der Waals surface area contributed by atoms with Crippen molar-refractivity contribution in [1.82, 2.24) is 15.0 Å². The molecule has 1 saturated heterocycles. The summed E-state index contributed by atoms with van der Waals surface area (Å²) in [7, 11) is 1.60. The van der Waals surface area contributed by atoms with Crippen LogP contribution in [0, 0.1) is 6.92 Å². The molecular formula is C13H16N4O2S. The second-order valence-corrected chi connectivity index (χ2v) is 5.42. The minimum atomic E-state index is -0.0164. The Morgan fingerprint density at radius 2 is 2.35 bits per heavy atom. The van der Waals surface area contributed by atoms with Gasteiger partial charge in [-0.2, -0.15) is 4.98 Å². The van der Waals surface area contributed by atoms with E-state index in [1.54, 1.807) is 30.7 Å². The molecule has 0 bridgehead atoms. The summed E-state index contributed by atoms with van der Waals surface area (Å²) in [5.74, 6) is 1.24. The van der Waals surface area contributed by atoms with Crippen LogP contribution in [-0.2, 0) is 4.74 Å². The number of morpholine rings is 1. The second kappa shape index (κ2) is 5.72. The zero-order valence-electron chi connectivity index (χ0n) is 11.4. The van der Waals surface area contributed by atoms with Gasteiger partial charge in [0.1, 0.15) is 11.1 Å². The molecular weight excluding hydrogens is 276 g/mol. The lowest BCUT2D eigenvalue weighted by Crippen LogP contribution is -2.39. The van der Waals surface area contributed by atoms with Crippen molar-refractivity contribution in [3.05, 3.63) is 28.3 Å². The fraction of sp³-hybridized carbons (Fsp3) is 0.462. The van der Waals surface area contributed by atoms with Gasteiger partial charge in [0.2, 0.25) is 11.8 Å². The Hall–Kier alpha value is -1.73. The third kappa shape index (κ3) is 2.73. The van der Waals surface area contributed by atoms with Gasteiger partial charge in [-0.3, -0.25) is 0 Å². The van der Waals surface area contributed by atoms with E-state index >= 15 is 0 Å². The van der Waals surface area contributed by atoms with Crippen LogP contribution in [-0.4, -0.2) is 41.8 Å². The highest BCUT2D eigenvalue weighted by Gasteiger charge is 2.25. The van der Waals surface area contributed by atoms with Gasteiger partial charge in [0.05, 0.1) is 20.3 Å². The van der Waals surface area contributed by atoms with Crippen LogP contribution >= 0.6 is 11.3 Å². The molecule has 0 aliphatic carbocycles. The molecule has 1 aliphatic heterocycles. The second-order valence-electron chi connectivity index (χ2n) is 4.53. The number of rotatable bonds is 3. The van der Waals surface area contributed by atoms with E-state index in [1.165, 1.54) is 0 Å². The number of methoxy groups -OCH3 is 1. The summed E-state index contributed by atoms with van der Waals surface area (Å²) in [4.78, 5) is 15.3. The molecule has 0 radical (unpaired) electrons. The topological polar surface area (TPSA) is 60.4 Å². The average molecular weight is 292 g/mol. The van der Waals surface area contributed by atoms with Gasteiger partial charge in [-0.25, -0.2) is 9.97 Å². The number of hydrogen-bond acceptors (Lipinski definition) is 7. The predicted molar refractivity (Wildman–Crippen MR) is 76.3 cm³/mol. The Labute approximate surface area is 121 Å². The first-order valence-corrected chi connectivity index (χ1v) is 7.30. The molecule has 0 amide bonds. The third-order valence-corrected chi connectivity index (χ3v) is 4.14. The summed E-state index contributed by atoms with van der Waals surface area (Å²) in [6.07, 6.45) is 1.69. The van der Waals surface area contributed by atoms with Gasteiger partial charge >= 0.3 is 0 Å². The molecule has 20 heavy (non-hydrogen) atoms. The van der Waals surface area contributed by atoms with E-state index in [9.17, 15) is 0 Å². The van der Waals surface area contributed by atoms with Crippen molar-refractivity contribution in [3.8, 4) is 5.88 Å². The van der Waals surface area contributed by atoms with Crippen LogP contribution < -0.4 is 9.64 Å². The third-order valence-electron chi connectivity index (χ3n) is 3.09. The maximum atomic E-state index is 5.81. The van der Waals surface area contributed by atoms with Crippen LogP contribution in [0.3, 0.4) is 0 Å². The van der Waals surface area contributed by atoms with E-state index in [0.29, 0.717) is 25.0 Å². The molecule has 0 aromatic carbocycles. The molecule has 3 rings (SSSR count). The van der Waals surface area contributed by atoms with Crippen molar-refractivity contribution in [3.63, 3.8) is 0 Å². The molecule has 0 saturated carbocycles. The fourth-order valence-electron chi connectivity index (χ4n) is 2.10. The lowest BCUT2D eigenvalue weighted by molar-refractivity contribution is 0.0390. The molecule has 2 aromatic rings. The van der Waals surface area contributed by atoms with Crippen molar-refractivity contribution in [2.75, 3.05) is 31.7 Å². The fourth-order valence-corrected chi connectivity index (χ4v) is 2.93. The van der Waals surface area contributed by atoms with Crippen LogP contribution in [0.4, 0.5) is 5.95 Å². The number of aromatic nitrogens is 3. The molecule has 1 fully saturated rings. The Morgan fingerprint density at radius 3 is 3.10 bits per heavy atom. The van der Waals surface area contributed by atoms with Crippen LogP contribution in [0.1, 0.15) is 16.8 Å². The number of anilines is 1. The van der Waals surface area contributed by atoms with Gasteiger partial charge in [-0.05, 0) is 6.92 Å². The Kier molecular flexibility index (Phi) is 3.79. The Bertz CT molecular complexity index is 589. The van der Waals surface area contributed by atoms with Crippen molar-refractivity contribution < 1.29 is 9.47 Å². The summed E-state index contributed by atoms with van der Waals surface area (Å²) < 4.78 is 10.9. The van der Waals surface area contributed by atoms with Crippen molar-refractivity contribution in [2.45, 2.75) is 13.0 Å². The van der Waals surface area contributed by atoms with E-state index in [4.69, 9.17) is 9.47 Å². The van der Waals surface area contributed by atoms with Gasteiger partial charge in [-0.15, -0.1) is 11.3 Å². The number of aryl methyl sites for hydroxylation is 1. The van der Waals surface area contributed by atoms with Crippen LogP contribution in [0.5, 0.6) is 5.88 Å². The molecule has 1 unspecified atom stereocenters. The first-order valence-electron chi connectivity index (χ1n) is 6.42. The van der Waals surface area contributed by atoms with E-state index in [0.717, 1.165) is 17.2 Å². The molecule has 2 aromatic heterocycles. The highest BCUT2D eigenvalue weighted by molar-refractivity contribution is 7.09. The summed E-state index contributed by atoms with van der Waals surface area (Å²) in [6, 6.07) is 1.74. The zero-order valence-corrected chi connectivity index (χ0v) is 12.3. The standard InChI is InChI=1S/C13H16N4O2S/c1-9-8-20-12(15-9)10-7-17(5-6-19-10)13-14-4-3-11(16-13)18-2/h3-4,8,10H,5-7H2,1-2H3. The molecule has 1 aliphatic rings.